The molecule has 0 saturated carbocycles. The van der Waals surface area contributed by atoms with Crippen molar-refractivity contribution in [3.63, 3.8) is 0 Å². The quantitative estimate of drug-likeness (QED) is 0.805. The lowest BCUT2D eigenvalue weighted by atomic mass is 9.79. The van der Waals surface area contributed by atoms with E-state index >= 15 is 0 Å². The second-order valence-corrected chi connectivity index (χ2v) is 6.33. The third-order valence-corrected chi connectivity index (χ3v) is 4.35. The van der Waals surface area contributed by atoms with Crippen molar-refractivity contribution in [2.45, 2.75) is 38.9 Å². The number of nitrogens with zero attached hydrogens (tertiary/aromatic N) is 1. The summed E-state index contributed by atoms with van der Waals surface area (Å²) in [5.41, 5.74) is 6.35. The number of nitrogens with two attached hydrogens (primary N) is 1. The molecule has 110 valence electrons. The zero-order chi connectivity index (χ0) is 15.4. The molecule has 1 aromatic carbocycles. The highest BCUT2D eigenvalue weighted by atomic mass is 16.7. The van der Waals surface area contributed by atoms with Gasteiger partial charge in [-0.25, -0.2) is 0 Å². The Balaban J connectivity index is 1.98. The average Bonchev–Trinajstić information content (AvgIpc) is 2.87. The minimum atomic E-state index is -0.551. The molecule has 0 bridgehead atoms. The third kappa shape index (κ3) is 2.13. The van der Waals surface area contributed by atoms with Gasteiger partial charge in [0, 0.05) is 5.39 Å². The average molecular weight is 287 g/mol. The molecular weight excluding hydrogens is 269 g/mol. The van der Waals surface area contributed by atoms with Gasteiger partial charge in [0.1, 0.15) is 0 Å². The third-order valence-electron chi connectivity index (χ3n) is 4.35. The van der Waals surface area contributed by atoms with E-state index in [1.54, 1.807) is 6.07 Å². The Hall–Kier alpha value is -1.86. The molecule has 1 aliphatic rings. The number of hydrogen-bond donors (Lipinski definition) is 2. The second-order valence-electron chi connectivity index (χ2n) is 6.33. The molecule has 1 aromatic heterocycles. The zero-order valence-electron chi connectivity index (χ0n) is 12.6. The first-order chi connectivity index (χ1) is 9.71. The van der Waals surface area contributed by atoms with Gasteiger partial charge in [-0.1, -0.05) is 12.1 Å². The van der Waals surface area contributed by atoms with Crippen molar-refractivity contribution in [3.05, 3.63) is 23.9 Å². The molecule has 1 fully saturated rings. The van der Waals surface area contributed by atoms with Crippen LogP contribution in [0.3, 0.4) is 0 Å². The summed E-state index contributed by atoms with van der Waals surface area (Å²) in [6.07, 6.45) is 0. The molecule has 0 aliphatic carbocycles. The summed E-state index contributed by atoms with van der Waals surface area (Å²) in [5.74, 6) is -0.551. The van der Waals surface area contributed by atoms with Gasteiger partial charge in [-0.3, -0.25) is 9.89 Å². The van der Waals surface area contributed by atoms with Crippen LogP contribution < -0.4 is 11.2 Å². The van der Waals surface area contributed by atoms with Crippen molar-refractivity contribution in [3.8, 4) is 0 Å². The normalized spacial score (nSPS) is 20.1. The lowest BCUT2D eigenvalue weighted by molar-refractivity contribution is 0.00578. The van der Waals surface area contributed by atoms with Crippen LogP contribution in [-0.4, -0.2) is 34.4 Å². The van der Waals surface area contributed by atoms with E-state index in [0.29, 0.717) is 5.39 Å². The summed E-state index contributed by atoms with van der Waals surface area (Å²) in [6, 6.07) is 5.54. The second kappa shape index (κ2) is 4.32. The number of amides is 1. The summed E-state index contributed by atoms with van der Waals surface area (Å²) in [4.78, 5) is 11.3. The number of benzene rings is 1. The molecule has 21 heavy (non-hydrogen) atoms. The van der Waals surface area contributed by atoms with Gasteiger partial charge in [-0.2, -0.15) is 5.10 Å². The fourth-order valence-electron chi connectivity index (χ4n) is 2.35. The predicted octanol–water partition coefficient (Wildman–Crippen LogP) is 0.961. The summed E-state index contributed by atoms with van der Waals surface area (Å²) in [5, 5.41) is 7.45. The first-order valence-corrected chi connectivity index (χ1v) is 6.85. The van der Waals surface area contributed by atoms with Crippen molar-refractivity contribution in [2.24, 2.45) is 5.73 Å². The van der Waals surface area contributed by atoms with E-state index in [1.807, 2.05) is 39.8 Å². The maximum Gasteiger partial charge on any atom is 0.494 e. The van der Waals surface area contributed by atoms with E-state index < -0.39 is 13.0 Å². The highest BCUT2D eigenvalue weighted by Gasteiger charge is 2.51. The van der Waals surface area contributed by atoms with Crippen LogP contribution in [0.5, 0.6) is 0 Å². The van der Waals surface area contributed by atoms with Crippen LogP contribution in [0.2, 0.25) is 0 Å². The molecule has 1 saturated heterocycles. The van der Waals surface area contributed by atoms with Crippen molar-refractivity contribution in [2.75, 3.05) is 0 Å². The van der Waals surface area contributed by atoms with Crippen LogP contribution in [0.1, 0.15) is 38.2 Å². The number of H-pyrrole nitrogens is 1. The Labute approximate surface area is 123 Å². The van der Waals surface area contributed by atoms with Crippen LogP contribution >= 0.6 is 0 Å². The number of rotatable bonds is 2. The molecule has 0 unspecified atom stereocenters. The van der Waals surface area contributed by atoms with Gasteiger partial charge < -0.3 is 15.0 Å². The fourth-order valence-corrected chi connectivity index (χ4v) is 2.35. The smallest absolute Gasteiger partial charge is 0.399 e. The van der Waals surface area contributed by atoms with E-state index in [-0.39, 0.29) is 16.9 Å². The Morgan fingerprint density at radius 1 is 1.24 bits per heavy atom. The SMILES string of the molecule is CC1(C)OB(c2ccc3c(C(N)=O)n[nH]c3c2)OC1(C)C. The van der Waals surface area contributed by atoms with Gasteiger partial charge in [0.2, 0.25) is 0 Å². The van der Waals surface area contributed by atoms with Crippen molar-refractivity contribution in [1.82, 2.24) is 10.2 Å². The summed E-state index contributed by atoms with van der Waals surface area (Å²) >= 11 is 0. The number of nitrogens with one attached hydrogen (secondary N) is 1. The van der Waals surface area contributed by atoms with Gasteiger partial charge in [0.25, 0.3) is 5.91 Å². The molecule has 0 radical (unpaired) electrons. The molecule has 2 aromatic rings. The number of primary amides is 1. The first kappa shape index (κ1) is 14.1. The van der Waals surface area contributed by atoms with Gasteiger partial charge in [0.05, 0.1) is 16.7 Å². The molecule has 3 N–H and O–H groups in total. The van der Waals surface area contributed by atoms with Gasteiger partial charge in [-0.15, -0.1) is 0 Å². The Morgan fingerprint density at radius 3 is 2.43 bits per heavy atom. The van der Waals surface area contributed by atoms with E-state index in [2.05, 4.69) is 10.2 Å². The molecule has 3 rings (SSSR count). The topological polar surface area (TPSA) is 90.2 Å². The van der Waals surface area contributed by atoms with Crippen molar-refractivity contribution >= 4 is 29.4 Å². The highest BCUT2D eigenvalue weighted by Crippen LogP contribution is 2.36. The Morgan fingerprint density at radius 2 is 1.86 bits per heavy atom. The number of carbonyl (C=O) groups is 1. The minimum Gasteiger partial charge on any atom is -0.399 e. The zero-order valence-corrected chi connectivity index (χ0v) is 12.6. The standard InChI is InChI=1S/C14H18BN3O3/c1-13(2)14(3,4)21-15(20-13)8-5-6-9-10(7-8)17-18-11(9)12(16)19/h5-7H,1-4H3,(H2,16,19)(H,17,18). The van der Waals surface area contributed by atoms with Crippen molar-refractivity contribution in [1.29, 1.82) is 0 Å². The molecule has 7 heteroatoms. The molecule has 1 aliphatic heterocycles. The van der Waals surface area contributed by atoms with Crippen LogP contribution in [0.25, 0.3) is 10.9 Å². The number of hydrogen-bond acceptors (Lipinski definition) is 4. The molecule has 2 heterocycles. The predicted molar refractivity (Wildman–Crippen MR) is 80.3 cm³/mol. The Kier molecular flexibility index (Phi) is 2.90. The molecule has 6 nitrogen and oxygen atoms in total. The number of fused-ring (bicyclic) bond motifs is 1. The van der Waals surface area contributed by atoms with Gasteiger partial charge in [-0.05, 0) is 39.2 Å². The first-order valence-electron chi connectivity index (χ1n) is 6.85. The fraction of sp³-hybridized carbons (Fsp3) is 0.429. The van der Waals surface area contributed by atoms with E-state index in [4.69, 9.17) is 15.0 Å². The van der Waals surface area contributed by atoms with Gasteiger partial charge in [0.15, 0.2) is 5.69 Å². The van der Waals surface area contributed by atoms with Crippen LogP contribution in [0.4, 0.5) is 0 Å². The summed E-state index contributed by atoms with van der Waals surface area (Å²) < 4.78 is 12.0. The largest absolute Gasteiger partial charge is 0.494 e. The molecular formula is C14H18BN3O3. The molecule has 0 atom stereocenters. The molecule has 1 amide bonds. The molecule has 0 spiro atoms. The maximum atomic E-state index is 11.3. The van der Waals surface area contributed by atoms with Crippen LogP contribution in [0.15, 0.2) is 18.2 Å². The lowest BCUT2D eigenvalue weighted by Crippen LogP contribution is -2.41. The monoisotopic (exact) mass is 287 g/mol. The van der Waals surface area contributed by atoms with E-state index in [9.17, 15) is 4.79 Å². The number of carbonyl (C=O) groups excluding carboxylic acids is 1. The van der Waals surface area contributed by atoms with Crippen LogP contribution in [0, 0.1) is 0 Å². The minimum absolute atomic E-state index is 0.241. The van der Waals surface area contributed by atoms with E-state index in [0.717, 1.165) is 11.0 Å². The van der Waals surface area contributed by atoms with Crippen molar-refractivity contribution < 1.29 is 14.1 Å². The maximum absolute atomic E-state index is 11.3. The van der Waals surface area contributed by atoms with E-state index in [1.165, 1.54) is 0 Å². The number of aromatic nitrogens is 2. The van der Waals surface area contributed by atoms with Gasteiger partial charge >= 0.3 is 7.12 Å². The highest BCUT2D eigenvalue weighted by molar-refractivity contribution is 6.62. The number of aromatic amines is 1. The Bertz CT molecular complexity index is 707. The summed E-state index contributed by atoms with van der Waals surface area (Å²) in [6.45, 7) is 8.03. The van der Waals surface area contributed by atoms with Crippen LogP contribution in [-0.2, 0) is 9.31 Å². The lowest BCUT2D eigenvalue weighted by Gasteiger charge is -2.32. The summed E-state index contributed by atoms with van der Waals surface area (Å²) in [7, 11) is -0.445.